The number of amides is 2. The molecule has 0 aliphatic carbocycles. The van der Waals surface area contributed by atoms with Crippen LogP contribution >= 0.6 is 11.6 Å². The van der Waals surface area contributed by atoms with Gasteiger partial charge in [0.2, 0.25) is 21.8 Å². The summed E-state index contributed by atoms with van der Waals surface area (Å²) in [4.78, 5) is 27.4. The minimum absolute atomic E-state index is 0.0328. The Morgan fingerprint density at radius 1 is 1.08 bits per heavy atom. The van der Waals surface area contributed by atoms with Crippen LogP contribution in [0.3, 0.4) is 0 Å². The van der Waals surface area contributed by atoms with Crippen molar-refractivity contribution < 1.29 is 31.2 Å². The molecule has 0 aromatic heterocycles. The second-order valence-corrected chi connectivity index (χ2v) is 10.8. The van der Waals surface area contributed by atoms with Gasteiger partial charge in [-0.05, 0) is 55.7 Å². The van der Waals surface area contributed by atoms with Gasteiger partial charge in [-0.2, -0.15) is 13.2 Å². The van der Waals surface area contributed by atoms with Gasteiger partial charge in [0, 0.05) is 31.1 Å². The third-order valence-electron chi connectivity index (χ3n) is 5.62. The highest BCUT2D eigenvalue weighted by molar-refractivity contribution is 7.92. The molecular formula is C25H31ClF3N3O4S. The molecule has 0 aliphatic rings. The summed E-state index contributed by atoms with van der Waals surface area (Å²) in [6.07, 6.45) is -3.47. The fraction of sp³-hybridized carbons (Fsp3) is 0.440. The molecule has 2 aromatic rings. The van der Waals surface area contributed by atoms with Gasteiger partial charge in [0.25, 0.3) is 0 Å². The number of sulfonamides is 1. The van der Waals surface area contributed by atoms with Crippen LogP contribution in [0.2, 0.25) is 5.02 Å². The highest BCUT2D eigenvalue weighted by Gasteiger charge is 2.32. The van der Waals surface area contributed by atoms with Crippen molar-refractivity contribution in [1.82, 2.24) is 10.2 Å². The molecule has 0 radical (unpaired) electrons. The lowest BCUT2D eigenvalue weighted by Crippen LogP contribution is -2.49. The predicted molar refractivity (Wildman–Crippen MR) is 138 cm³/mol. The number of hydrogen-bond acceptors (Lipinski definition) is 4. The quantitative estimate of drug-likeness (QED) is 0.401. The van der Waals surface area contributed by atoms with Crippen LogP contribution in [-0.2, 0) is 32.3 Å². The molecule has 0 heterocycles. The van der Waals surface area contributed by atoms with Crippen molar-refractivity contribution in [3.05, 3.63) is 64.7 Å². The van der Waals surface area contributed by atoms with Crippen molar-refractivity contribution in [2.75, 3.05) is 23.7 Å². The Balaban J connectivity index is 2.24. The number of rotatable bonds is 12. The molecule has 12 heteroatoms. The van der Waals surface area contributed by atoms with Crippen LogP contribution in [0.4, 0.5) is 18.9 Å². The van der Waals surface area contributed by atoms with Crippen molar-refractivity contribution in [3.8, 4) is 0 Å². The Morgan fingerprint density at radius 3 is 2.27 bits per heavy atom. The fourth-order valence-electron chi connectivity index (χ4n) is 3.84. The normalized spacial score (nSPS) is 12.6. The number of hydrogen-bond donors (Lipinski definition) is 1. The number of nitrogens with zero attached hydrogens (tertiary/aromatic N) is 2. The summed E-state index contributed by atoms with van der Waals surface area (Å²) in [7, 11) is -3.93. The molecule has 0 bridgehead atoms. The number of anilines is 1. The summed E-state index contributed by atoms with van der Waals surface area (Å²) in [6.45, 7) is 3.86. The van der Waals surface area contributed by atoms with Crippen molar-refractivity contribution in [2.45, 2.75) is 51.9 Å². The van der Waals surface area contributed by atoms with Gasteiger partial charge < -0.3 is 10.2 Å². The minimum atomic E-state index is -4.63. The van der Waals surface area contributed by atoms with E-state index in [0.717, 1.165) is 34.3 Å². The van der Waals surface area contributed by atoms with Crippen LogP contribution in [0.1, 0.15) is 44.2 Å². The lowest BCUT2D eigenvalue weighted by atomic mass is 10.1. The maximum absolute atomic E-state index is 13.3. The largest absolute Gasteiger partial charge is 0.416 e. The number of benzene rings is 2. The van der Waals surface area contributed by atoms with E-state index in [4.69, 9.17) is 11.6 Å². The maximum atomic E-state index is 13.3. The van der Waals surface area contributed by atoms with E-state index in [9.17, 15) is 31.2 Å². The number of nitrogens with one attached hydrogen (secondary N) is 1. The SMILES string of the molecule is CCNC(=O)[C@H](CC)N(Cc1ccc(Cl)cc1)C(=O)CCCN(c1cccc(C(F)(F)F)c1)S(C)(=O)=O. The molecule has 0 aliphatic heterocycles. The molecule has 1 atom stereocenters. The lowest BCUT2D eigenvalue weighted by Gasteiger charge is -2.31. The first kappa shape index (κ1) is 30.4. The minimum Gasteiger partial charge on any atom is -0.355 e. The van der Waals surface area contributed by atoms with Gasteiger partial charge in [-0.15, -0.1) is 0 Å². The van der Waals surface area contributed by atoms with Crippen molar-refractivity contribution in [2.24, 2.45) is 0 Å². The molecule has 2 rings (SSSR count). The topological polar surface area (TPSA) is 86.8 Å². The fourth-order valence-corrected chi connectivity index (χ4v) is 4.92. The smallest absolute Gasteiger partial charge is 0.355 e. The Hall–Kier alpha value is -2.79. The number of carbonyl (C=O) groups excluding carboxylic acids is 2. The summed E-state index contributed by atoms with van der Waals surface area (Å²) in [6, 6.07) is 10.1. The number of carbonyl (C=O) groups is 2. The second kappa shape index (κ2) is 13.1. The summed E-state index contributed by atoms with van der Waals surface area (Å²) in [5, 5.41) is 3.25. The molecule has 204 valence electrons. The third kappa shape index (κ3) is 8.92. The van der Waals surface area contributed by atoms with Gasteiger partial charge >= 0.3 is 6.18 Å². The summed E-state index contributed by atoms with van der Waals surface area (Å²) < 4.78 is 65.0. The molecule has 0 unspecified atom stereocenters. The third-order valence-corrected chi connectivity index (χ3v) is 7.06. The van der Waals surface area contributed by atoms with Crippen LogP contribution in [0.15, 0.2) is 48.5 Å². The zero-order chi connectivity index (χ0) is 27.8. The van der Waals surface area contributed by atoms with Crippen LogP contribution in [0.5, 0.6) is 0 Å². The van der Waals surface area contributed by atoms with Gasteiger partial charge in [-0.1, -0.05) is 36.7 Å². The van der Waals surface area contributed by atoms with E-state index in [-0.39, 0.29) is 43.4 Å². The van der Waals surface area contributed by atoms with Gasteiger partial charge in [0.05, 0.1) is 17.5 Å². The molecule has 0 saturated heterocycles. The number of likely N-dealkylation sites (N-methyl/N-ethyl adjacent to an activating group) is 1. The van der Waals surface area contributed by atoms with Crippen LogP contribution in [-0.4, -0.2) is 50.5 Å². The monoisotopic (exact) mass is 561 g/mol. The molecular weight excluding hydrogens is 531 g/mol. The zero-order valence-electron chi connectivity index (χ0n) is 20.9. The Labute approximate surface area is 220 Å². The Bertz CT molecular complexity index is 1170. The molecule has 37 heavy (non-hydrogen) atoms. The Morgan fingerprint density at radius 2 is 1.73 bits per heavy atom. The van der Waals surface area contributed by atoms with E-state index in [0.29, 0.717) is 18.0 Å². The summed E-state index contributed by atoms with van der Waals surface area (Å²) in [5.41, 5.74) is -0.365. The van der Waals surface area contributed by atoms with Crippen LogP contribution < -0.4 is 9.62 Å². The summed E-state index contributed by atoms with van der Waals surface area (Å²) in [5.74, 6) is -0.695. The first-order valence-corrected chi connectivity index (χ1v) is 14.0. The molecule has 2 aromatic carbocycles. The Kier molecular flexibility index (Phi) is 10.8. The van der Waals surface area contributed by atoms with E-state index >= 15 is 0 Å². The number of halogens is 4. The van der Waals surface area contributed by atoms with Gasteiger partial charge in [0.1, 0.15) is 6.04 Å². The van der Waals surface area contributed by atoms with E-state index in [1.54, 1.807) is 38.1 Å². The van der Waals surface area contributed by atoms with Crippen molar-refractivity contribution >= 4 is 39.1 Å². The highest BCUT2D eigenvalue weighted by Crippen LogP contribution is 2.32. The lowest BCUT2D eigenvalue weighted by molar-refractivity contribution is -0.141. The molecule has 0 saturated carbocycles. The standard InChI is InChI=1S/C25H31ClF3N3O4S/c1-4-22(24(34)30-5-2)31(17-18-11-13-20(26)14-12-18)23(33)10-7-15-32(37(3,35)36)21-9-6-8-19(16-21)25(27,28)29/h6,8-9,11-14,16,22H,4-5,7,10,15,17H2,1-3H3,(H,30,34)/t22-/m0/s1. The first-order chi connectivity index (χ1) is 17.3. The van der Waals surface area contributed by atoms with Crippen LogP contribution in [0, 0.1) is 0 Å². The maximum Gasteiger partial charge on any atom is 0.416 e. The van der Waals surface area contributed by atoms with Crippen molar-refractivity contribution in [1.29, 1.82) is 0 Å². The molecule has 7 nitrogen and oxygen atoms in total. The van der Waals surface area contributed by atoms with Crippen LogP contribution in [0.25, 0.3) is 0 Å². The summed E-state index contributed by atoms with van der Waals surface area (Å²) >= 11 is 5.95. The number of alkyl halides is 3. The van der Waals surface area contributed by atoms with E-state index < -0.39 is 27.8 Å². The first-order valence-electron chi connectivity index (χ1n) is 11.7. The average Bonchev–Trinajstić information content (AvgIpc) is 2.81. The average molecular weight is 562 g/mol. The highest BCUT2D eigenvalue weighted by atomic mass is 35.5. The van der Waals surface area contributed by atoms with E-state index in [1.165, 1.54) is 11.0 Å². The zero-order valence-corrected chi connectivity index (χ0v) is 22.5. The molecule has 0 spiro atoms. The van der Waals surface area contributed by atoms with E-state index in [1.807, 2.05) is 0 Å². The van der Waals surface area contributed by atoms with Gasteiger partial charge in [-0.3, -0.25) is 13.9 Å². The molecule has 1 N–H and O–H groups in total. The predicted octanol–water partition coefficient (Wildman–Crippen LogP) is 4.85. The van der Waals surface area contributed by atoms with Gasteiger partial charge in [-0.25, -0.2) is 8.42 Å². The van der Waals surface area contributed by atoms with E-state index in [2.05, 4.69) is 5.32 Å². The molecule has 0 fully saturated rings. The van der Waals surface area contributed by atoms with Crippen molar-refractivity contribution in [3.63, 3.8) is 0 Å². The second-order valence-electron chi connectivity index (χ2n) is 8.45. The van der Waals surface area contributed by atoms with Gasteiger partial charge in [0.15, 0.2) is 0 Å². The molecule has 2 amide bonds.